The Bertz CT molecular complexity index is 191. The highest BCUT2D eigenvalue weighted by molar-refractivity contribution is 9.11. The van der Waals surface area contributed by atoms with Crippen molar-refractivity contribution in [2.24, 2.45) is 0 Å². The molecule has 1 rings (SSSR count). The molecule has 1 N–H and O–H groups in total. The molecule has 9 heavy (non-hydrogen) atoms. The molecular formula is C5H4BrFOS. The summed E-state index contributed by atoms with van der Waals surface area (Å²) >= 11 is 4.33. The minimum absolute atomic E-state index is 0.240. The molecule has 0 saturated carbocycles. The van der Waals surface area contributed by atoms with Crippen molar-refractivity contribution in [3.63, 3.8) is 0 Å². The van der Waals surface area contributed by atoms with Crippen molar-refractivity contribution in [2.45, 2.75) is 6.61 Å². The predicted octanol–water partition coefficient (Wildman–Crippen LogP) is 2.14. The third-order valence-corrected chi connectivity index (χ3v) is 2.77. The van der Waals surface area contributed by atoms with Crippen LogP contribution in [0.5, 0.6) is 0 Å². The van der Waals surface area contributed by atoms with E-state index in [1.54, 1.807) is 0 Å². The maximum Gasteiger partial charge on any atom is 0.140 e. The van der Waals surface area contributed by atoms with Gasteiger partial charge in [-0.05, 0) is 15.9 Å². The molecule has 0 spiro atoms. The first kappa shape index (κ1) is 7.18. The molecule has 50 valence electrons. The number of hydrogen-bond donors (Lipinski definition) is 1. The van der Waals surface area contributed by atoms with Gasteiger partial charge in [0.05, 0.1) is 10.4 Å². The molecule has 0 atom stereocenters. The quantitative estimate of drug-likeness (QED) is 0.754. The summed E-state index contributed by atoms with van der Waals surface area (Å²) in [5.41, 5.74) is 0.347. The molecule has 0 saturated heterocycles. The highest BCUT2D eigenvalue weighted by atomic mass is 79.9. The molecule has 1 aromatic rings. The molecule has 0 aliphatic carbocycles. The molecule has 1 aromatic heterocycles. The monoisotopic (exact) mass is 210 g/mol. The van der Waals surface area contributed by atoms with Crippen molar-refractivity contribution < 1.29 is 9.50 Å². The summed E-state index contributed by atoms with van der Waals surface area (Å²) in [7, 11) is 0. The zero-order valence-corrected chi connectivity index (χ0v) is 6.80. The lowest BCUT2D eigenvalue weighted by Gasteiger charge is -1.88. The van der Waals surface area contributed by atoms with E-state index in [0.29, 0.717) is 9.35 Å². The summed E-state index contributed by atoms with van der Waals surface area (Å²) in [6.07, 6.45) is 0. The molecule has 0 bridgehead atoms. The fourth-order valence-electron chi connectivity index (χ4n) is 0.477. The predicted molar refractivity (Wildman–Crippen MR) is 37.9 cm³/mol. The molecule has 4 heteroatoms. The summed E-state index contributed by atoms with van der Waals surface area (Å²) in [6.45, 7) is -0.240. The summed E-state index contributed by atoms with van der Waals surface area (Å²) < 4.78 is 13.1. The standard InChI is InChI=1S/C5H4BrFOS/c6-5-3(1-8)4(7)2-9-5/h2,8H,1H2. The van der Waals surface area contributed by atoms with Crippen LogP contribution in [0.3, 0.4) is 0 Å². The Morgan fingerprint density at radius 2 is 2.44 bits per heavy atom. The lowest BCUT2D eigenvalue weighted by atomic mass is 10.4. The van der Waals surface area contributed by atoms with Crippen LogP contribution in [0.4, 0.5) is 4.39 Å². The van der Waals surface area contributed by atoms with Crippen molar-refractivity contribution in [1.29, 1.82) is 0 Å². The first-order valence-electron chi connectivity index (χ1n) is 2.28. The van der Waals surface area contributed by atoms with Crippen molar-refractivity contribution in [3.05, 3.63) is 20.5 Å². The van der Waals surface area contributed by atoms with Crippen LogP contribution in [0.15, 0.2) is 9.17 Å². The Balaban J connectivity index is 3.07. The Morgan fingerprint density at radius 1 is 1.78 bits per heavy atom. The average Bonchev–Trinajstić information content (AvgIpc) is 2.12. The Hall–Kier alpha value is 0.0700. The largest absolute Gasteiger partial charge is 0.391 e. The fraction of sp³-hybridized carbons (Fsp3) is 0.200. The van der Waals surface area contributed by atoms with Gasteiger partial charge in [0.1, 0.15) is 5.82 Å². The van der Waals surface area contributed by atoms with E-state index >= 15 is 0 Å². The van der Waals surface area contributed by atoms with Crippen molar-refractivity contribution >= 4 is 27.3 Å². The zero-order valence-electron chi connectivity index (χ0n) is 4.40. The van der Waals surface area contributed by atoms with Gasteiger partial charge in [0.25, 0.3) is 0 Å². The van der Waals surface area contributed by atoms with Crippen molar-refractivity contribution in [1.82, 2.24) is 0 Å². The van der Waals surface area contributed by atoms with E-state index in [0.717, 1.165) is 0 Å². The van der Waals surface area contributed by atoms with E-state index in [9.17, 15) is 4.39 Å². The van der Waals surface area contributed by atoms with Gasteiger partial charge in [-0.2, -0.15) is 0 Å². The van der Waals surface area contributed by atoms with Crippen LogP contribution in [0.2, 0.25) is 0 Å². The van der Waals surface area contributed by atoms with Crippen molar-refractivity contribution in [2.75, 3.05) is 0 Å². The van der Waals surface area contributed by atoms with Gasteiger partial charge in [0.15, 0.2) is 0 Å². The molecule has 1 heterocycles. The number of hydrogen-bond acceptors (Lipinski definition) is 2. The number of aliphatic hydroxyl groups is 1. The molecule has 0 fully saturated rings. The number of thiophene rings is 1. The Kier molecular flexibility index (Phi) is 2.21. The molecule has 0 radical (unpaired) electrons. The maximum atomic E-state index is 12.4. The summed E-state index contributed by atoms with van der Waals surface area (Å²) in [5, 5.41) is 9.88. The first-order chi connectivity index (χ1) is 4.25. The second kappa shape index (κ2) is 2.77. The van der Waals surface area contributed by atoms with E-state index < -0.39 is 0 Å². The second-order valence-electron chi connectivity index (χ2n) is 1.49. The first-order valence-corrected chi connectivity index (χ1v) is 3.95. The van der Waals surface area contributed by atoms with Crippen LogP contribution in [-0.2, 0) is 6.61 Å². The smallest absolute Gasteiger partial charge is 0.140 e. The van der Waals surface area contributed by atoms with Crippen LogP contribution in [-0.4, -0.2) is 5.11 Å². The lowest BCUT2D eigenvalue weighted by molar-refractivity contribution is 0.276. The average molecular weight is 211 g/mol. The Morgan fingerprint density at radius 3 is 2.67 bits per heavy atom. The molecule has 1 nitrogen and oxygen atoms in total. The van der Waals surface area contributed by atoms with Gasteiger partial charge in [-0.3, -0.25) is 0 Å². The van der Waals surface area contributed by atoms with Gasteiger partial charge in [0.2, 0.25) is 0 Å². The topological polar surface area (TPSA) is 20.2 Å². The normalized spacial score (nSPS) is 10.1. The molecular weight excluding hydrogens is 207 g/mol. The zero-order chi connectivity index (χ0) is 6.85. The molecule has 0 amide bonds. The van der Waals surface area contributed by atoms with Crippen molar-refractivity contribution in [3.8, 4) is 0 Å². The van der Waals surface area contributed by atoms with E-state index in [4.69, 9.17) is 5.11 Å². The highest BCUT2D eigenvalue weighted by Crippen LogP contribution is 2.26. The molecule has 0 aromatic carbocycles. The van der Waals surface area contributed by atoms with Gasteiger partial charge in [-0.1, -0.05) is 0 Å². The molecule has 0 aliphatic heterocycles. The van der Waals surface area contributed by atoms with Crippen LogP contribution >= 0.6 is 27.3 Å². The number of halogens is 2. The third kappa shape index (κ3) is 1.31. The second-order valence-corrected chi connectivity index (χ2v) is 3.69. The summed E-state index contributed by atoms with van der Waals surface area (Å²) in [5.74, 6) is -0.339. The van der Waals surface area contributed by atoms with Crippen LogP contribution in [0.25, 0.3) is 0 Å². The van der Waals surface area contributed by atoms with E-state index in [1.165, 1.54) is 16.7 Å². The van der Waals surface area contributed by atoms with Crippen LogP contribution < -0.4 is 0 Å². The number of aliphatic hydroxyl groups excluding tert-OH is 1. The fourth-order valence-corrected chi connectivity index (χ4v) is 1.73. The SMILES string of the molecule is OCc1c(F)csc1Br. The van der Waals surface area contributed by atoms with Gasteiger partial charge in [0, 0.05) is 10.9 Å². The van der Waals surface area contributed by atoms with Crippen LogP contribution in [0, 0.1) is 5.82 Å². The van der Waals surface area contributed by atoms with Crippen LogP contribution in [0.1, 0.15) is 5.56 Å². The Labute approximate surface area is 64.3 Å². The number of rotatable bonds is 1. The molecule has 0 aliphatic rings. The minimum Gasteiger partial charge on any atom is -0.391 e. The lowest BCUT2D eigenvalue weighted by Crippen LogP contribution is -1.82. The minimum atomic E-state index is -0.339. The summed E-state index contributed by atoms with van der Waals surface area (Å²) in [4.78, 5) is 0. The maximum absolute atomic E-state index is 12.4. The van der Waals surface area contributed by atoms with Gasteiger partial charge in [-0.25, -0.2) is 4.39 Å². The highest BCUT2D eigenvalue weighted by Gasteiger charge is 2.06. The van der Waals surface area contributed by atoms with Gasteiger partial charge in [-0.15, -0.1) is 11.3 Å². The van der Waals surface area contributed by atoms with Gasteiger partial charge < -0.3 is 5.11 Å². The third-order valence-electron chi connectivity index (χ3n) is 0.950. The van der Waals surface area contributed by atoms with E-state index in [1.807, 2.05) is 0 Å². The van der Waals surface area contributed by atoms with Gasteiger partial charge >= 0.3 is 0 Å². The van der Waals surface area contributed by atoms with E-state index in [-0.39, 0.29) is 12.4 Å². The van der Waals surface area contributed by atoms with E-state index in [2.05, 4.69) is 15.9 Å². The molecule has 0 unspecified atom stereocenters. The summed E-state index contributed by atoms with van der Waals surface area (Å²) in [6, 6.07) is 0.